The van der Waals surface area contributed by atoms with E-state index in [1.54, 1.807) is 37.7 Å². The number of fused-ring (bicyclic) bond motifs is 1. The quantitative estimate of drug-likeness (QED) is 0.579. The van der Waals surface area contributed by atoms with Crippen LogP contribution in [0.3, 0.4) is 0 Å². The molecule has 4 aromatic rings. The van der Waals surface area contributed by atoms with Gasteiger partial charge in [-0.15, -0.1) is 5.10 Å². The average Bonchev–Trinajstić information content (AvgIpc) is 3.05. The van der Waals surface area contributed by atoms with Crippen LogP contribution in [0.2, 0.25) is 0 Å². The number of ether oxygens (including phenoxy) is 1. The Morgan fingerprint density at radius 2 is 2.04 bits per heavy atom. The predicted molar refractivity (Wildman–Crippen MR) is 100 cm³/mol. The molecule has 0 unspecified atom stereocenters. The Morgan fingerprint density at radius 3 is 2.70 bits per heavy atom. The maximum Gasteiger partial charge on any atom is 0.262 e. The molecule has 3 aromatic heterocycles. The van der Waals surface area contributed by atoms with Gasteiger partial charge in [-0.1, -0.05) is 6.07 Å². The van der Waals surface area contributed by atoms with Crippen LogP contribution < -0.4 is 10.3 Å². The van der Waals surface area contributed by atoms with Crippen molar-refractivity contribution in [2.45, 2.75) is 13.8 Å². The highest BCUT2D eigenvalue weighted by atomic mass is 16.5. The molecule has 27 heavy (non-hydrogen) atoms. The predicted octanol–water partition coefficient (Wildman–Crippen LogP) is 2.50. The lowest BCUT2D eigenvalue weighted by molar-refractivity contribution is 0.413. The van der Waals surface area contributed by atoms with Crippen LogP contribution in [0.1, 0.15) is 11.1 Å². The van der Waals surface area contributed by atoms with Gasteiger partial charge in [-0.2, -0.15) is 0 Å². The van der Waals surface area contributed by atoms with Gasteiger partial charge in [0.2, 0.25) is 0 Å². The molecule has 0 saturated carbocycles. The third kappa shape index (κ3) is 2.91. The van der Waals surface area contributed by atoms with Crippen LogP contribution in [0.15, 0.2) is 41.5 Å². The van der Waals surface area contributed by atoms with Crippen molar-refractivity contribution in [3.8, 4) is 28.7 Å². The summed E-state index contributed by atoms with van der Waals surface area (Å²) in [4.78, 5) is 23.9. The Labute approximate surface area is 154 Å². The minimum Gasteiger partial charge on any atom is -0.506 e. The van der Waals surface area contributed by atoms with Crippen LogP contribution in [0.5, 0.6) is 11.5 Å². The first-order chi connectivity index (χ1) is 13.0. The van der Waals surface area contributed by atoms with E-state index in [-0.39, 0.29) is 17.0 Å². The summed E-state index contributed by atoms with van der Waals surface area (Å²) in [6.07, 6.45) is 3.11. The average molecular weight is 363 g/mol. The van der Waals surface area contributed by atoms with E-state index in [4.69, 9.17) is 4.74 Å². The molecular formula is C19H17N5O3. The molecule has 0 spiro atoms. The molecule has 0 atom stereocenters. The lowest BCUT2D eigenvalue weighted by Gasteiger charge is -2.09. The number of nitrogens with one attached hydrogen (secondary N) is 1. The van der Waals surface area contributed by atoms with Gasteiger partial charge in [0.05, 0.1) is 13.3 Å². The first-order valence-corrected chi connectivity index (χ1v) is 8.27. The number of nitrogens with zero attached hydrogens (tertiary/aromatic N) is 4. The second kappa shape index (κ2) is 6.24. The van der Waals surface area contributed by atoms with Crippen molar-refractivity contribution in [3.63, 3.8) is 0 Å². The number of rotatable bonds is 3. The first kappa shape index (κ1) is 16.8. The number of aromatic hydroxyl groups is 1. The Morgan fingerprint density at radius 1 is 1.22 bits per heavy atom. The van der Waals surface area contributed by atoms with Gasteiger partial charge in [-0.3, -0.25) is 4.79 Å². The van der Waals surface area contributed by atoms with Gasteiger partial charge in [0, 0.05) is 6.20 Å². The van der Waals surface area contributed by atoms with Crippen LogP contribution in [0, 0.1) is 13.8 Å². The van der Waals surface area contributed by atoms with Crippen LogP contribution in [0.25, 0.3) is 28.2 Å². The van der Waals surface area contributed by atoms with Crippen molar-refractivity contribution in [1.82, 2.24) is 24.7 Å². The zero-order valence-electron chi connectivity index (χ0n) is 15.0. The maximum absolute atomic E-state index is 12.5. The number of phenols is 1. The van der Waals surface area contributed by atoms with Crippen molar-refractivity contribution in [2.75, 3.05) is 7.11 Å². The summed E-state index contributed by atoms with van der Waals surface area (Å²) in [6.45, 7) is 3.77. The normalized spacial score (nSPS) is 11.1. The number of aromatic amines is 1. The number of pyridine rings is 1. The monoisotopic (exact) mass is 363 g/mol. The summed E-state index contributed by atoms with van der Waals surface area (Å²) in [5.74, 6) is 1.01. The molecule has 0 aliphatic carbocycles. The van der Waals surface area contributed by atoms with Crippen molar-refractivity contribution in [3.05, 3.63) is 58.1 Å². The van der Waals surface area contributed by atoms with Gasteiger partial charge in [0.15, 0.2) is 11.5 Å². The van der Waals surface area contributed by atoms with Crippen molar-refractivity contribution in [2.24, 2.45) is 0 Å². The Kier molecular flexibility index (Phi) is 3.88. The van der Waals surface area contributed by atoms with Crippen LogP contribution >= 0.6 is 0 Å². The SMILES string of the molecule is COc1ccc(-c2nc3nn(-c4c(C)cc(C)cc4O)cc3c(=O)[nH]2)nc1. The van der Waals surface area contributed by atoms with Gasteiger partial charge >= 0.3 is 0 Å². The number of H-pyrrole nitrogens is 1. The summed E-state index contributed by atoms with van der Waals surface area (Å²) >= 11 is 0. The summed E-state index contributed by atoms with van der Waals surface area (Å²) in [5, 5.41) is 15.0. The molecule has 3 heterocycles. The number of methoxy groups -OCH3 is 1. The molecule has 0 saturated heterocycles. The maximum atomic E-state index is 12.5. The lowest BCUT2D eigenvalue weighted by Crippen LogP contribution is -2.09. The lowest BCUT2D eigenvalue weighted by atomic mass is 10.1. The summed E-state index contributed by atoms with van der Waals surface area (Å²) in [5.41, 5.74) is 2.73. The van der Waals surface area contributed by atoms with E-state index in [0.717, 1.165) is 11.1 Å². The third-order valence-corrected chi connectivity index (χ3v) is 4.26. The zero-order valence-corrected chi connectivity index (χ0v) is 15.0. The van der Waals surface area contributed by atoms with Crippen molar-refractivity contribution < 1.29 is 9.84 Å². The number of hydrogen-bond acceptors (Lipinski definition) is 6. The zero-order chi connectivity index (χ0) is 19.1. The molecule has 2 N–H and O–H groups in total. The fourth-order valence-electron chi connectivity index (χ4n) is 3.03. The van der Waals surface area contributed by atoms with E-state index in [9.17, 15) is 9.90 Å². The number of phenolic OH excluding ortho intramolecular Hbond substituents is 1. The van der Waals surface area contributed by atoms with Gasteiger partial charge in [0.1, 0.15) is 28.3 Å². The number of benzene rings is 1. The van der Waals surface area contributed by atoms with E-state index >= 15 is 0 Å². The Hall–Kier alpha value is -3.68. The molecule has 1 aromatic carbocycles. The van der Waals surface area contributed by atoms with E-state index in [1.165, 1.54) is 4.68 Å². The molecular weight excluding hydrogens is 346 g/mol. The molecule has 0 radical (unpaired) electrons. The third-order valence-electron chi connectivity index (χ3n) is 4.26. The van der Waals surface area contributed by atoms with Crippen molar-refractivity contribution in [1.29, 1.82) is 0 Å². The fourth-order valence-corrected chi connectivity index (χ4v) is 3.03. The van der Waals surface area contributed by atoms with Crippen LogP contribution in [-0.2, 0) is 0 Å². The smallest absolute Gasteiger partial charge is 0.262 e. The summed E-state index contributed by atoms with van der Waals surface area (Å²) in [7, 11) is 1.55. The van der Waals surface area contributed by atoms with E-state index < -0.39 is 0 Å². The Bertz CT molecular complexity index is 1190. The molecule has 0 aliphatic heterocycles. The highest BCUT2D eigenvalue weighted by Gasteiger charge is 2.15. The topological polar surface area (TPSA) is 106 Å². The highest BCUT2D eigenvalue weighted by Crippen LogP contribution is 2.27. The summed E-state index contributed by atoms with van der Waals surface area (Å²) < 4.78 is 6.56. The van der Waals surface area contributed by atoms with Gasteiger partial charge < -0.3 is 14.8 Å². The molecule has 0 aliphatic rings. The second-order valence-electron chi connectivity index (χ2n) is 6.26. The van der Waals surface area contributed by atoms with Gasteiger partial charge in [-0.25, -0.2) is 14.6 Å². The number of aryl methyl sites for hydroxylation is 2. The molecule has 0 bridgehead atoms. The van der Waals surface area contributed by atoms with E-state index in [0.29, 0.717) is 28.3 Å². The van der Waals surface area contributed by atoms with E-state index in [1.807, 2.05) is 19.9 Å². The fraction of sp³-hybridized carbons (Fsp3) is 0.158. The Balaban J connectivity index is 1.86. The standard InChI is InChI=1S/C19H17N5O3/c1-10-6-11(2)16(15(25)7-10)24-9-13-17(23-24)21-18(22-19(13)26)14-5-4-12(27-3)8-20-14/h4-9,25H,1-3H3,(H,21,22,23,26). The number of hydrogen-bond donors (Lipinski definition) is 2. The molecule has 136 valence electrons. The molecule has 8 heteroatoms. The van der Waals surface area contributed by atoms with Crippen LogP contribution in [0.4, 0.5) is 0 Å². The minimum atomic E-state index is -0.330. The molecule has 0 amide bonds. The summed E-state index contributed by atoms with van der Waals surface area (Å²) in [6, 6.07) is 7.03. The molecule has 8 nitrogen and oxygen atoms in total. The van der Waals surface area contributed by atoms with Gasteiger partial charge in [-0.05, 0) is 43.2 Å². The molecule has 4 rings (SSSR count). The minimum absolute atomic E-state index is 0.0915. The van der Waals surface area contributed by atoms with E-state index in [2.05, 4.69) is 20.1 Å². The first-order valence-electron chi connectivity index (χ1n) is 8.27. The number of aromatic nitrogens is 5. The second-order valence-corrected chi connectivity index (χ2v) is 6.26. The van der Waals surface area contributed by atoms with Crippen molar-refractivity contribution >= 4 is 11.0 Å². The largest absolute Gasteiger partial charge is 0.506 e. The molecule has 0 fully saturated rings. The van der Waals surface area contributed by atoms with Crippen LogP contribution in [-0.4, -0.2) is 36.9 Å². The highest BCUT2D eigenvalue weighted by molar-refractivity contribution is 5.76. The van der Waals surface area contributed by atoms with Gasteiger partial charge in [0.25, 0.3) is 5.56 Å².